The minimum atomic E-state index is 0.790. The van der Waals surface area contributed by atoms with E-state index in [0.29, 0.717) is 0 Å². The van der Waals surface area contributed by atoms with E-state index < -0.39 is 0 Å². The summed E-state index contributed by atoms with van der Waals surface area (Å²) in [6, 6.07) is 0.790. The maximum atomic E-state index is 3.42. The predicted octanol–water partition coefficient (Wildman–Crippen LogP) is 3.30. The lowest BCUT2D eigenvalue weighted by Crippen LogP contribution is -2.32. The molecule has 0 aromatic heterocycles. The van der Waals surface area contributed by atoms with Gasteiger partial charge in [-0.2, -0.15) is 11.8 Å². The van der Waals surface area contributed by atoms with Gasteiger partial charge in [0.2, 0.25) is 0 Å². The quantitative estimate of drug-likeness (QED) is 0.755. The number of hydrogen-bond donors (Lipinski definition) is 1. The number of rotatable bonds is 5. The van der Waals surface area contributed by atoms with Crippen molar-refractivity contribution >= 4 is 11.8 Å². The Bertz CT molecular complexity index is 149. The molecule has 0 amide bonds. The zero-order valence-electron chi connectivity index (χ0n) is 9.88. The third kappa shape index (κ3) is 4.22. The summed E-state index contributed by atoms with van der Waals surface area (Å²) in [4.78, 5) is 0. The van der Waals surface area contributed by atoms with Crippen molar-refractivity contribution in [1.29, 1.82) is 0 Å². The van der Waals surface area contributed by atoms with Crippen LogP contribution in [0.15, 0.2) is 0 Å². The molecular weight excluding hydrogens is 190 g/mol. The van der Waals surface area contributed by atoms with Gasteiger partial charge in [-0.1, -0.05) is 26.7 Å². The van der Waals surface area contributed by atoms with Gasteiger partial charge in [0, 0.05) is 11.3 Å². The van der Waals surface area contributed by atoms with Crippen molar-refractivity contribution in [3.8, 4) is 0 Å². The van der Waals surface area contributed by atoms with Gasteiger partial charge < -0.3 is 5.32 Å². The van der Waals surface area contributed by atoms with Gasteiger partial charge in [0.25, 0.3) is 0 Å². The minimum absolute atomic E-state index is 0.790. The number of nitrogens with one attached hydrogen (secondary N) is 1. The molecule has 14 heavy (non-hydrogen) atoms. The molecule has 1 saturated carbocycles. The molecule has 1 N–H and O–H groups in total. The lowest BCUT2D eigenvalue weighted by atomic mass is 9.95. The van der Waals surface area contributed by atoms with Gasteiger partial charge in [0.05, 0.1) is 0 Å². The molecule has 0 aliphatic heterocycles. The van der Waals surface area contributed by atoms with Crippen molar-refractivity contribution in [3.63, 3.8) is 0 Å². The second-order valence-electron chi connectivity index (χ2n) is 4.62. The molecule has 1 rings (SSSR count). The summed E-state index contributed by atoms with van der Waals surface area (Å²) >= 11 is 2.21. The predicted molar refractivity (Wildman–Crippen MR) is 67.0 cm³/mol. The van der Waals surface area contributed by atoms with Crippen LogP contribution >= 0.6 is 11.8 Å². The van der Waals surface area contributed by atoms with Gasteiger partial charge in [-0.05, 0) is 38.0 Å². The van der Waals surface area contributed by atoms with Crippen molar-refractivity contribution in [3.05, 3.63) is 0 Å². The first-order valence-corrected chi connectivity index (χ1v) is 7.10. The Kier molecular flexibility index (Phi) is 5.95. The maximum Gasteiger partial charge on any atom is 0.00746 e. The van der Waals surface area contributed by atoms with Gasteiger partial charge in [-0.25, -0.2) is 0 Å². The summed E-state index contributed by atoms with van der Waals surface area (Å²) in [6.45, 7) is 4.66. The highest BCUT2D eigenvalue weighted by Gasteiger charge is 2.21. The zero-order chi connectivity index (χ0) is 10.4. The fourth-order valence-corrected chi connectivity index (χ4v) is 3.51. The highest BCUT2D eigenvalue weighted by atomic mass is 32.2. The van der Waals surface area contributed by atoms with Gasteiger partial charge in [-0.3, -0.25) is 0 Å². The first-order chi connectivity index (χ1) is 6.76. The Labute approximate surface area is 93.4 Å². The number of hydrogen-bond acceptors (Lipinski definition) is 2. The van der Waals surface area contributed by atoms with E-state index in [-0.39, 0.29) is 0 Å². The Morgan fingerprint density at radius 2 is 2.21 bits per heavy atom. The summed E-state index contributed by atoms with van der Waals surface area (Å²) in [6.07, 6.45) is 6.96. The molecule has 1 fully saturated rings. The van der Waals surface area contributed by atoms with E-state index in [4.69, 9.17) is 0 Å². The zero-order valence-corrected chi connectivity index (χ0v) is 10.7. The van der Waals surface area contributed by atoms with E-state index in [1.807, 2.05) is 0 Å². The minimum Gasteiger partial charge on any atom is -0.317 e. The van der Waals surface area contributed by atoms with Gasteiger partial charge >= 0.3 is 0 Å². The average molecular weight is 215 g/mol. The smallest absolute Gasteiger partial charge is 0.00746 e. The van der Waals surface area contributed by atoms with Crippen LogP contribution in [0.5, 0.6) is 0 Å². The lowest BCUT2D eigenvalue weighted by Gasteiger charge is -2.29. The summed E-state index contributed by atoms with van der Waals surface area (Å²) in [5, 5.41) is 4.35. The van der Waals surface area contributed by atoms with Crippen LogP contribution in [-0.2, 0) is 0 Å². The molecule has 84 valence electrons. The Balaban J connectivity index is 2.17. The Hall–Kier alpha value is 0.310. The molecule has 3 unspecified atom stereocenters. The van der Waals surface area contributed by atoms with E-state index >= 15 is 0 Å². The van der Waals surface area contributed by atoms with Crippen LogP contribution in [0.1, 0.15) is 46.0 Å². The van der Waals surface area contributed by atoms with Crippen molar-refractivity contribution in [2.24, 2.45) is 5.92 Å². The monoisotopic (exact) mass is 215 g/mol. The fraction of sp³-hybridized carbons (Fsp3) is 1.00. The van der Waals surface area contributed by atoms with Crippen molar-refractivity contribution in [2.75, 3.05) is 12.8 Å². The standard InChI is InChI=1S/C12H25NS/c1-4-10(2)9-14-12-7-5-6-11(8-12)13-3/h10-13H,4-9H2,1-3H3. The molecular formula is C12H25NS. The average Bonchev–Trinajstić information content (AvgIpc) is 2.26. The van der Waals surface area contributed by atoms with E-state index in [2.05, 4.69) is 38.0 Å². The summed E-state index contributed by atoms with van der Waals surface area (Å²) < 4.78 is 0. The number of thioether (sulfide) groups is 1. The van der Waals surface area contributed by atoms with E-state index in [1.165, 1.54) is 37.9 Å². The molecule has 0 radical (unpaired) electrons. The van der Waals surface area contributed by atoms with E-state index in [0.717, 1.165) is 17.2 Å². The Morgan fingerprint density at radius 3 is 2.86 bits per heavy atom. The van der Waals surface area contributed by atoms with Gasteiger partial charge in [0.1, 0.15) is 0 Å². The third-order valence-electron chi connectivity index (χ3n) is 3.35. The molecule has 2 heteroatoms. The molecule has 0 heterocycles. The summed E-state index contributed by atoms with van der Waals surface area (Å²) in [7, 11) is 2.10. The van der Waals surface area contributed by atoms with Crippen LogP contribution in [0.3, 0.4) is 0 Å². The van der Waals surface area contributed by atoms with Crippen LogP contribution in [0.4, 0.5) is 0 Å². The third-order valence-corrected chi connectivity index (χ3v) is 5.01. The largest absolute Gasteiger partial charge is 0.317 e. The van der Waals surface area contributed by atoms with Crippen LogP contribution in [0.2, 0.25) is 0 Å². The topological polar surface area (TPSA) is 12.0 Å². The van der Waals surface area contributed by atoms with Crippen LogP contribution < -0.4 is 5.32 Å². The maximum absolute atomic E-state index is 3.42. The normalized spacial score (nSPS) is 30.2. The van der Waals surface area contributed by atoms with Crippen LogP contribution in [0.25, 0.3) is 0 Å². The van der Waals surface area contributed by atoms with E-state index in [1.54, 1.807) is 0 Å². The Morgan fingerprint density at radius 1 is 1.43 bits per heavy atom. The molecule has 0 saturated heterocycles. The lowest BCUT2D eigenvalue weighted by molar-refractivity contribution is 0.402. The SMILES string of the molecule is CCC(C)CSC1CCCC(NC)C1. The van der Waals surface area contributed by atoms with E-state index in [9.17, 15) is 0 Å². The molecule has 0 aromatic rings. The van der Waals surface area contributed by atoms with Crippen molar-refractivity contribution < 1.29 is 0 Å². The van der Waals surface area contributed by atoms with Gasteiger partial charge in [-0.15, -0.1) is 0 Å². The fourth-order valence-electron chi connectivity index (χ4n) is 1.98. The van der Waals surface area contributed by atoms with Crippen molar-refractivity contribution in [2.45, 2.75) is 57.2 Å². The second kappa shape index (κ2) is 6.73. The van der Waals surface area contributed by atoms with Crippen LogP contribution in [0, 0.1) is 5.92 Å². The highest BCUT2D eigenvalue weighted by molar-refractivity contribution is 7.99. The molecule has 1 nitrogen and oxygen atoms in total. The highest BCUT2D eigenvalue weighted by Crippen LogP contribution is 2.30. The second-order valence-corrected chi connectivity index (χ2v) is 5.95. The molecule has 0 aromatic carbocycles. The molecule has 1 aliphatic carbocycles. The first-order valence-electron chi connectivity index (χ1n) is 6.05. The molecule has 0 spiro atoms. The summed E-state index contributed by atoms with van der Waals surface area (Å²) in [5.41, 5.74) is 0. The summed E-state index contributed by atoms with van der Waals surface area (Å²) in [5.74, 6) is 2.26. The van der Waals surface area contributed by atoms with Crippen molar-refractivity contribution in [1.82, 2.24) is 5.32 Å². The first kappa shape index (κ1) is 12.4. The molecule has 0 bridgehead atoms. The molecule has 1 aliphatic rings. The van der Waals surface area contributed by atoms with Gasteiger partial charge in [0.15, 0.2) is 0 Å². The molecule has 3 atom stereocenters. The van der Waals surface area contributed by atoms with Crippen LogP contribution in [-0.4, -0.2) is 24.1 Å².